The van der Waals surface area contributed by atoms with Crippen molar-refractivity contribution in [3.63, 3.8) is 0 Å². The van der Waals surface area contributed by atoms with Crippen LogP contribution in [0.25, 0.3) is 22.6 Å². The molecule has 0 fully saturated rings. The first kappa shape index (κ1) is 21.7. The Morgan fingerprint density at radius 3 is 2.59 bits per heavy atom. The molecule has 0 aliphatic heterocycles. The van der Waals surface area contributed by atoms with E-state index < -0.39 is 0 Å². The highest BCUT2D eigenvalue weighted by molar-refractivity contribution is 7.16. The largest absolute Gasteiger partial charge is 0.494 e. The van der Waals surface area contributed by atoms with Gasteiger partial charge in [-0.15, -0.1) is 11.3 Å². The van der Waals surface area contributed by atoms with Crippen LogP contribution in [0.3, 0.4) is 0 Å². The summed E-state index contributed by atoms with van der Waals surface area (Å²) in [5, 5.41) is 7.50. The van der Waals surface area contributed by atoms with E-state index in [1.54, 1.807) is 0 Å². The van der Waals surface area contributed by atoms with Crippen molar-refractivity contribution in [3.05, 3.63) is 65.4 Å². The van der Waals surface area contributed by atoms with Gasteiger partial charge in [-0.2, -0.15) is 4.98 Å². The minimum absolute atomic E-state index is 0.0835. The summed E-state index contributed by atoms with van der Waals surface area (Å²) in [6.07, 6.45) is 1.50. The van der Waals surface area contributed by atoms with Crippen LogP contribution in [0.2, 0.25) is 0 Å². The molecule has 4 rings (SSSR count). The standard InChI is InChI=1S/C24H24N4O3S/c1-3-30-19-14-12-17(13-15-19)22-16(2)32-24(27-22)25-20(29)10-7-11-21-26-23(28-31-21)18-8-5-4-6-9-18/h4-6,8-9,12-15H,3,7,10-11H2,1-2H3,(H,25,27,29). The van der Waals surface area contributed by atoms with Gasteiger partial charge in [0, 0.05) is 28.8 Å². The van der Waals surface area contributed by atoms with Crippen molar-refractivity contribution < 1.29 is 14.1 Å². The van der Waals surface area contributed by atoms with E-state index in [0.29, 0.717) is 42.7 Å². The molecule has 0 radical (unpaired) electrons. The van der Waals surface area contributed by atoms with Crippen LogP contribution >= 0.6 is 11.3 Å². The molecule has 32 heavy (non-hydrogen) atoms. The fourth-order valence-electron chi connectivity index (χ4n) is 3.24. The van der Waals surface area contributed by atoms with E-state index in [1.165, 1.54) is 11.3 Å². The number of nitrogens with zero attached hydrogens (tertiary/aromatic N) is 3. The average molecular weight is 449 g/mol. The lowest BCUT2D eigenvalue weighted by Gasteiger charge is -2.04. The quantitative estimate of drug-likeness (QED) is 0.362. The van der Waals surface area contributed by atoms with Gasteiger partial charge in [-0.05, 0) is 44.5 Å². The third-order valence-corrected chi connectivity index (χ3v) is 5.66. The van der Waals surface area contributed by atoms with E-state index in [-0.39, 0.29) is 5.91 Å². The molecule has 1 amide bonds. The van der Waals surface area contributed by atoms with Crippen LogP contribution < -0.4 is 10.1 Å². The van der Waals surface area contributed by atoms with Crippen LogP contribution in [0.5, 0.6) is 5.75 Å². The zero-order chi connectivity index (χ0) is 22.3. The Labute approximate surface area is 190 Å². The molecule has 8 heteroatoms. The van der Waals surface area contributed by atoms with Gasteiger partial charge in [0.05, 0.1) is 12.3 Å². The lowest BCUT2D eigenvalue weighted by atomic mass is 10.1. The van der Waals surface area contributed by atoms with Gasteiger partial charge in [0.2, 0.25) is 17.6 Å². The normalized spacial score (nSPS) is 10.8. The van der Waals surface area contributed by atoms with Crippen molar-refractivity contribution in [1.82, 2.24) is 15.1 Å². The number of nitrogens with one attached hydrogen (secondary N) is 1. The van der Waals surface area contributed by atoms with E-state index in [1.807, 2.05) is 68.4 Å². The van der Waals surface area contributed by atoms with E-state index >= 15 is 0 Å². The number of carbonyl (C=O) groups excluding carboxylic acids is 1. The summed E-state index contributed by atoms with van der Waals surface area (Å²) in [5.74, 6) is 1.83. The summed E-state index contributed by atoms with van der Waals surface area (Å²) in [6.45, 7) is 4.59. The van der Waals surface area contributed by atoms with Crippen LogP contribution in [0.15, 0.2) is 59.1 Å². The number of thiazole rings is 1. The van der Waals surface area contributed by atoms with Crippen LogP contribution in [-0.4, -0.2) is 27.6 Å². The maximum absolute atomic E-state index is 12.4. The Morgan fingerprint density at radius 1 is 1.06 bits per heavy atom. The average Bonchev–Trinajstić information content (AvgIpc) is 3.42. The first-order chi connectivity index (χ1) is 15.6. The topological polar surface area (TPSA) is 90.1 Å². The summed E-state index contributed by atoms with van der Waals surface area (Å²) in [5.41, 5.74) is 2.77. The molecule has 0 spiro atoms. The second-order valence-electron chi connectivity index (χ2n) is 7.16. The molecule has 0 unspecified atom stereocenters. The summed E-state index contributed by atoms with van der Waals surface area (Å²) >= 11 is 1.47. The summed E-state index contributed by atoms with van der Waals surface area (Å²) in [7, 11) is 0. The van der Waals surface area contributed by atoms with Gasteiger partial charge in [-0.25, -0.2) is 4.98 Å². The SMILES string of the molecule is CCOc1ccc(-c2nc(NC(=O)CCCc3nc(-c4ccccc4)no3)sc2C)cc1. The number of anilines is 1. The molecule has 0 atom stereocenters. The molecular formula is C24H24N4O3S. The molecule has 2 heterocycles. The second-order valence-corrected chi connectivity index (χ2v) is 8.36. The Bertz CT molecular complexity index is 1170. The van der Waals surface area contributed by atoms with E-state index in [2.05, 4.69) is 20.4 Å². The third kappa shape index (κ3) is 5.39. The molecule has 164 valence electrons. The van der Waals surface area contributed by atoms with Crippen LogP contribution in [0, 0.1) is 6.92 Å². The molecule has 2 aromatic carbocycles. The van der Waals surface area contributed by atoms with Crippen molar-refractivity contribution in [2.24, 2.45) is 0 Å². The molecule has 4 aromatic rings. The zero-order valence-electron chi connectivity index (χ0n) is 18.0. The van der Waals surface area contributed by atoms with Gasteiger partial charge in [0.1, 0.15) is 5.75 Å². The molecule has 7 nitrogen and oxygen atoms in total. The smallest absolute Gasteiger partial charge is 0.226 e. The molecule has 0 aliphatic rings. The number of hydrogen-bond acceptors (Lipinski definition) is 7. The van der Waals surface area contributed by atoms with Crippen LogP contribution in [-0.2, 0) is 11.2 Å². The number of aryl methyl sites for hydroxylation is 2. The molecule has 0 saturated heterocycles. The first-order valence-corrected chi connectivity index (χ1v) is 11.3. The van der Waals surface area contributed by atoms with Gasteiger partial charge in [0.15, 0.2) is 5.13 Å². The van der Waals surface area contributed by atoms with Crippen molar-refractivity contribution in [1.29, 1.82) is 0 Å². The summed E-state index contributed by atoms with van der Waals surface area (Å²) in [6, 6.07) is 17.5. The Morgan fingerprint density at radius 2 is 1.84 bits per heavy atom. The summed E-state index contributed by atoms with van der Waals surface area (Å²) in [4.78, 5) is 22.4. The first-order valence-electron chi connectivity index (χ1n) is 10.5. The lowest BCUT2D eigenvalue weighted by Crippen LogP contribution is -2.11. The number of benzene rings is 2. The zero-order valence-corrected chi connectivity index (χ0v) is 18.8. The Hall–Kier alpha value is -3.52. The molecule has 2 aromatic heterocycles. The molecule has 0 saturated carbocycles. The Kier molecular flexibility index (Phi) is 6.91. The molecule has 1 N–H and O–H groups in total. The van der Waals surface area contributed by atoms with Crippen molar-refractivity contribution in [2.45, 2.75) is 33.1 Å². The predicted octanol–water partition coefficient (Wildman–Crippen LogP) is 5.53. The van der Waals surface area contributed by atoms with Gasteiger partial charge in [0.25, 0.3) is 0 Å². The monoisotopic (exact) mass is 448 g/mol. The number of rotatable bonds is 9. The van der Waals surface area contributed by atoms with Gasteiger partial charge in [-0.1, -0.05) is 35.5 Å². The Balaban J connectivity index is 1.29. The second kappa shape index (κ2) is 10.2. The van der Waals surface area contributed by atoms with E-state index in [0.717, 1.165) is 27.4 Å². The van der Waals surface area contributed by atoms with Crippen molar-refractivity contribution in [2.75, 3.05) is 11.9 Å². The van der Waals surface area contributed by atoms with Gasteiger partial charge < -0.3 is 14.6 Å². The van der Waals surface area contributed by atoms with Crippen LogP contribution in [0.1, 0.15) is 30.5 Å². The highest BCUT2D eigenvalue weighted by Crippen LogP contribution is 2.31. The predicted molar refractivity (Wildman–Crippen MR) is 125 cm³/mol. The number of hydrogen-bond donors (Lipinski definition) is 1. The van der Waals surface area contributed by atoms with Crippen LogP contribution in [0.4, 0.5) is 5.13 Å². The van der Waals surface area contributed by atoms with Gasteiger partial charge >= 0.3 is 0 Å². The fraction of sp³-hybridized carbons (Fsp3) is 0.250. The van der Waals surface area contributed by atoms with Crippen molar-refractivity contribution in [3.8, 4) is 28.4 Å². The highest BCUT2D eigenvalue weighted by atomic mass is 32.1. The molecule has 0 bridgehead atoms. The minimum Gasteiger partial charge on any atom is -0.494 e. The number of aromatic nitrogens is 3. The lowest BCUT2D eigenvalue weighted by molar-refractivity contribution is -0.116. The van der Waals surface area contributed by atoms with Gasteiger partial charge in [-0.3, -0.25) is 4.79 Å². The number of amides is 1. The highest BCUT2D eigenvalue weighted by Gasteiger charge is 2.13. The molecule has 0 aliphatic carbocycles. The molecular weight excluding hydrogens is 424 g/mol. The number of carbonyl (C=O) groups is 1. The minimum atomic E-state index is -0.0835. The maximum Gasteiger partial charge on any atom is 0.226 e. The third-order valence-electron chi connectivity index (χ3n) is 4.78. The summed E-state index contributed by atoms with van der Waals surface area (Å²) < 4.78 is 10.8. The van der Waals surface area contributed by atoms with E-state index in [9.17, 15) is 4.79 Å². The van der Waals surface area contributed by atoms with E-state index in [4.69, 9.17) is 9.26 Å². The maximum atomic E-state index is 12.4. The van der Waals surface area contributed by atoms with Crippen molar-refractivity contribution >= 4 is 22.4 Å². The number of ether oxygens (including phenoxy) is 1. The fourth-order valence-corrected chi connectivity index (χ4v) is 4.09.